The largest absolute Gasteiger partial charge is 0.381 e. The fourth-order valence-corrected chi connectivity index (χ4v) is 1.92. The van der Waals surface area contributed by atoms with E-state index in [-0.39, 0.29) is 0 Å². The first-order valence-electron chi connectivity index (χ1n) is 4.83. The predicted molar refractivity (Wildman–Crippen MR) is 47.6 cm³/mol. The van der Waals surface area contributed by atoms with Crippen LogP contribution in [0.5, 0.6) is 0 Å². The van der Waals surface area contributed by atoms with Gasteiger partial charge in [0.2, 0.25) is 0 Å². The molecule has 2 heteroatoms. The van der Waals surface area contributed by atoms with E-state index in [0.717, 1.165) is 19.6 Å². The van der Waals surface area contributed by atoms with E-state index in [2.05, 4.69) is 13.0 Å². The summed E-state index contributed by atoms with van der Waals surface area (Å²) in [5.41, 5.74) is 0. The van der Waals surface area contributed by atoms with E-state index in [9.17, 15) is 0 Å². The van der Waals surface area contributed by atoms with Crippen LogP contribution in [0.2, 0.25) is 0 Å². The Morgan fingerprint density at radius 1 is 1.67 bits per heavy atom. The summed E-state index contributed by atoms with van der Waals surface area (Å²) in [5.74, 6) is 1.24. The van der Waals surface area contributed by atoms with Gasteiger partial charge in [-0.3, -0.25) is 0 Å². The first-order chi connectivity index (χ1) is 5.88. The van der Waals surface area contributed by atoms with Crippen molar-refractivity contribution in [2.24, 2.45) is 11.8 Å². The molecule has 1 rings (SSSR count). The van der Waals surface area contributed by atoms with Crippen LogP contribution in [-0.4, -0.2) is 13.2 Å². The molecular formula is C10H17NO. The Hall–Kier alpha value is -0.550. The molecule has 1 fully saturated rings. The highest BCUT2D eigenvalue weighted by atomic mass is 16.5. The molecule has 2 nitrogen and oxygen atoms in total. The van der Waals surface area contributed by atoms with Crippen molar-refractivity contribution in [3.8, 4) is 6.07 Å². The van der Waals surface area contributed by atoms with Crippen molar-refractivity contribution < 1.29 is 4.74 Å². The van der Waals surface area contributed by atoms with Gasteiger partial charge in [-0.25, -0.2) is 0 Å². The summed E-state index contributed by atoms with van der Waals surface area (Å²) in [4.78, 5) is 0. The molecule has 0 N–H and O–H groups in total. The molecule has 0 aromatic rings. The molecule has 12 heavy (non-hydrogen) atoms. The van der Waals surface area contributed by atoms with Crippen LogP contribution in [0.1, 0.15) is 32.6 Å². The van der Waals surface area contributed by atoms with Gasteiger partial charge in [-0.1, -0.05) is 13.3 Å². The summed E-state index contributed by atoms with van der Waals surface area (Å²) in [5, 5.41) is 8.63. The summed E-state index contributed by atoms with van der Waals surface area (Å²) in [7, 11) is 0. The van der Waals surface area contributed by atoms with Gasteiger partial charge >= 0.3 is 0 Å². The number of hydrogen-bond donors (Lipinski definition) is 0. The van der Waals surface area contributed by atoms with Crippen LogP contribution in [0.4, 0.5) is 0 Å². The van der Waals surface area contributed by atoms with Crippen molar-refractivity contribution in [3.05, 3.63) is 0 Å². The first-order valence-corrected chi connectivity index (χ1v) is 4.83. The van der Waals surface area contributed by atoms with Crippen LogP contribution >= 0.6 is 0 Å². The molecule has 0 aliphatic carbocycles. The molecule has 0 bridgehead atoms. The lowest BCUT2D eigenvalue weighted by atomic mass is 9.86. The highest BCUT2D eigenvalue weighted by molar-refractivity contribution is 4.82. The zero-order chi connectivity index (χ0) is 8.81. The Morgan fingerprint density at radius 2 is 2.50 bits per heavy atom. The average Bonchev–Trinajstić information content (AvgIpc) is 2.56. The summed E-state index contributed by atoms with van der Waals surface area (Å²) in [6.45, 7) is 3.96. The number of nitriles is 1. The molecular weight excluding hydrogens is 150 g/mol. The van der Waals surface area contributed by atoms with Crippen molar-refractivity contribution in [3.63, 3.8) is 0 Å². The lowest BCUT2D eigenvalue weighted by molar-refractivity contribution is 0.170. The molecule has 0 amide bonds. The number of ether oxygens (including phenoxy) is 1. The highest BCUT2D eigenvalue weighted by Crippen LogP contribution is 2.27. The van der Waals surface area contributed by atoms with Gasteiger partial charge in [-0.2, -0.15) is 5.26 Å². The minimum absolute atomic E-state index is 0.586. The smallest absolute Gasteiger partial charge is 0.0624 e. The van der Waals surface area contributed by atoms with Crippen molar-refractivity contribution in [2.75, 3.05) is 13.2 Å². The first kappa shape index (κ1) is 9.54. The second kappa shape index (κ2) is 5.16. The Labute approximate surface area is 74.5 Å². The third-order valence-electron chi connectivity index (χ3n) is 2.64. The Morgan fingerprint density at radius 3 is 3.00 bits per heavy atom. The van der Waals surface area contributed by atoms with E-state index in [4.69, 9.17) is 10.00 Å². The predicted octanol–water partition coefficient (Wildman–Crippen LogP) is 2.35. The van der Waals surface area contributed by atoms with Gasteiger partial charge in [0.25, 0.3) is 0 Å². The van der Waals surface area contributed by atoms with Crippen molar-refractivity contribution in [2.45, 2.75) is 32.6 Å². The topological polar surface area (TPSA) is 33.0 Å². The Kier molecular flexibility index (Phi) is 4.10. The fraction of sp³-hybridized carbons (Fsp3) is 0.900. The van der Waals surface area contributed by atoms with E-state index in [1.807, 2.05) is 0 Å². The van der Waals surface area contributed by atoms with E-state index >= 15 is 0 Å². The number of rotatable bonds is 4. The minimum atomic E-state index is 0.586. The van der Waals surface area contributed by atoms with Crippen LogP contribution in [0.3, 0.4) is 0 Å². The molecule has 0 aromatic heterocycles. The Bertz CT molecular complexity index is 156. The SMILES string of the molecule is CCCC(CC#N)C1CCOC1. The van der Waals surface area contributed by atoms with Gasteiger partial charge in [-0.15, -0.1) is 0 Å². The molecule has 1 aliphatic rings. The van der Waals surface area contributed by atoms with Gasteiger partial charge < -0.3 is 4.74 Å². The zero-order valence-corrected chi connectivity index (χ0v) is 7.75. The normalized spacial score (nSPS) is 25.2. The highest BCUT2D eigenvalue weighted by Gasteiger charge is 2.24. The number of hydrogen-bond acceptors (Lipinski definition) is 2. The number of nitrogens with zero attached hydrogens (tertiary/aromatic N) is 1. The van der Waals surface area contributed by atoms with E-state index in [1.54, 1.807) is 0 Å². The molecule has 2 unspecified atom stereocenters. The summed E-state index contributed by atoms with van der Waals surface area (Å²) in [6, 6.07) is 2.27. The molecule has 0 saturated carbocycles. The monoisotopic (exact) mass is 167 g/mol. The lowest BCUT2D eigenvalue weighted by Crippen LogP contribution is -2.14. The molecule has 1 aliphatic heterocycles. The average molecular weight is 167 g/mol. The zero-order valence-electron chi connectivity index (χ0n) is 7.75. The van der Waals surface area contributed by atoms with Crippen LogP contribution < -0.4 is 0 Å². The third kappa shape index (κ3) is 2.49. The molecule has 0 radical (unpaired) electrons. The molecule has 1 saturated heterocycles. The fourth-order valence-electron chi connectivity index (χ4n) is 1.92. The van der Waals surface area contributed by atoms with Crippen molar-refractivity contribution >= 4 is 0 Å². The van der Waals surface area contributed by atoms with E-state index in [1.165, 1.54) is 12.8 Å². The lowest BCUT2D eigenvalue weighted by Gasteiger charge is -2.18. The quantitative estimate of drug-likeness (QED) is 0.644. The van der Waals surface area contributed by atoms with Gasteiger partial charge in [0.15, 0.2) is 0 Å². The second-order valence-electron chi connectivity index (χ2n) is 3.53. The van der Waals surface area contributed by atoms with Crippen molar-refractivity contribution in [1.29, 1.82) is 5.26 Å². The maximum absolute atomic E-state index is 8.63. The maximum Gasteiger partial charge on any atom is 0.0624 e. The molecule has 1 heterocycles. The standard InChI is InChI=1S/C10H17NO/c1-2-3-9(4-6-11)10-5-7-12-8-10/h9-10H,2-5,7-8H2,1H3. The Balaban J connectivity index is 2.35. The summed E-state index contributed by atoms with van der Waals surface area (Å²) in [6.07, 6.45) is 4.23. The van der Waals surface area contributed by atoms with Gasteiger partial charge in [-0.05, 0) is 24.7 Å². The van der Waals surface area contributed by atoms with Crippen molar-refractivity contribution in [1.82, 2.24) is 0 Å². The van der Waals surface area contributed by atoms with Crippen LogP contribution in [0.15, 0.2) is 0 Å². The van der Waals surface area contributed by atoms with E-state index < -0.39 is 0 Å². The van der Waals surface area contributed by atoms with Gasteiger partial charge in [0.1, 0.15) is 0 Å². The molecule has 2 atom stereocenters. The molecule has 68 valence electrons. The van der Waals surface area contributed by atoms with Gasteiger partial charge in [0.05, 0.1) is 6.07 Å². The second-order valence-corrected chi connectivity index (χ2v) is 3.53. The molecule has 0 aromatic carbocycles. The van der Waals surface area contributed by atoms with E-state index in [0.29, 0.717) is 18.3 Å². The summed E-state index contributed by atoms with van der Waals surface area (Å²) < 4.78 is 5.32. The van der Waals surface area contributed by atoms with Crippen LogP contribution in [0.25, 0.3) is 0 Å². The third-order valence-corrected chi connectivity index (χ3v) is 2.64. The van der Waals surface area contributed by atoms with Crippen LogP contribution in [-0.2, 0) is 4.74 Å². The minimum Gasteiger partial charge on any atom is -0.381 e. The summed E-state index contributed by atoms with van der Waals surface area (Å²) >= 11 is 0. The van der Waals surface area contributed by atoms with Crippen LogP contribution in [0, 0.1) is 23.2 Å². The molecule has 0 spiro atoms. The maximum atomic E-state index is 8.63. The van der Waals surface area contributed by atoms with Gasteiger partial charge in [0, 0.05) is 19.6 Å².